The zero-order valence-electron chi connectivity index (χ0n) is 27.5. The lowest BCUT2D eigenvalue weighted by molar-refractivity contribution is 0.202. The van der Waals surface area contributed by atoms with Gasteiger partial charge in [-0.1, -0.05) is 143 Å². The summed E-state index contributed by atoms with van der Waals surface area (Å²) < 4.78 is 12.2. The Morgan fingerprint density at radius 1 is 0.457 bits per heavy atom. The minimum atomic E-state index is -0.192. The number of hydrogen-bond donors (Lipinski definition) is 2. The van der Waals surface area contributed by atoms with E-state index < -0.39 is 0 Å². The average molecular weight is 621 g/mol. The molecule has 0 heterocycles. The molecule has 0 unspecified atom stereocenters. The maximum Gasteiger partial charge on any atom is 0.127 e. The number of aliphatic hydroxyl groups excluding tert-OH is 2. The van der Waals surface area contributed by atoms with E-state index in [0.717, 1.165) is 46.6 Å². The second kappa shape index (κ2) is 17.9. The molecule has 1 aliphatic rings. The van der Waals surface area contributed by atoms with Crippen molar-refractivity contribution in [2.24, 2.45) is 0 Å². The number of hydrogen-bond acceptors (Lipinski definition) is 4. The molecule has 0 spiro atoms. The lowest BCUT2D eigenvalue weighted by Crippen LogP contribution is -2.28. The molecule has 5 rings (SSSR count). The van der Waals surface area contributed by atoms with Crippen LogP contribution in [0.4, 0.5) is 0 Å². The van der Waals surface area contributed by atoms with Gasteiger partial charge in [0, 0.05) is 16.5 Å². The molecule has 0 amide bonds. The Bertz CT molecular complexity index is 1340. The third-order valence-corrected chi connectivity index (χ3v) is 9.64. The van der Waals surface area contributed by atoms with Crippen molar-refractivity contribution in [3.8, 4) is 33.8 Å². The van der Waals surface area contributed by atoms with Crippen molar-refractivity contribution in [2.45, 2.75) is 88.9 Å². The van der Waals surface area contributed by atoms with E-state index >= 15 is 0 Å². The maximum absolute atomic E-state index is 9.57. The molecule has 0 bridgehead atoms. The summed E-state index contributed by atoms with van der Waals surface area (Å²) in [5.74, 6) is 1.61. The van der Waals surface area contributed by atoms with E-state index in [2.05, 4.69) is 84.9 Å². The first-order valence-corrected chi connectivity index (χ1v) is 17.6. The fourth-order valence-electron chi connectivity index (χ4n) is 7.22. The van der Waals surface area contributed by atoms with E-state index in [4.69, 9.17) is 9.47 Å². The smallest absolute Gasteiger partial charge is 0.127 e. The predicted octanol–water partition coefficient (Wildman–Crippen LogP) is 10.1. The molecule has 1 aliphatic carbocycles. The van der Waals surface area contributed by atoms with Crippen LogP contribution < -0.4 is 9.47 Å². The van der Waals surface area contributed by atoms with Gasteiger partial charge in [-0.15, -0.1) is 0 Å². The zero-order valence-corrected chi connectivity index (χ0v) is 27.5. The van der Waals surface area contributed by atoms with E-state index in [9.17, 15) is 10.2 Å². The van der Waals surface area contributed by atoms with Crippen LogP contribution in [0, 0.1) is 0 Å². The molecule has 4 nitrogen and oxygen atoms in total. The van der Waals surface area contributed by atoms with Crippen molar-refractivity contribution in [3.63, 3.8) is 0 Å². The van der Waals surface area contributed by atoms with Crippen LogP contribution in [0.1, 0.15) is 94.6 Å². The van der Waals surface area contributed by atoms with E-state index in [-0.39, 0.29) is 31.8 Å². The fourth-order valence-corrected chi connectivity index (χ4v) is 7.22. The molecule has 4 aromatic rings. The number of benzene rings is 4. The van der Waals surface area contributed by atoms with Gasteiger partial charge < -0.3 is 19.7 Å². The topological polar surface area (TPSA) is 58.9 Å². The Morgan fingerprint density at radius 3 is 1.20 bits per heavy atom. The third-order valence-electron chi connectivity index (χ3n) is 9.64. The molecular weight excluding hydrogens is 568 g/mol. The van der Waals surface area contributed by atoms with Gasteiger partial charge in [-0.3, -0.25) is 0 Å². The monoisotopic (exact) mass is 620 g/mol. The van der Waals surface area contributed by atoms with Crippen LogP contribution in [0.5, 0.6) is 11.5 Å². The van der Waals surface area contributed by atoms with Gasteiger partial charge in [0.25, 0.3) is 0 Å². The lowest BCUT2D eigenvalue weighted by atomic mass is 9.67. The standard InChI is InChI=1S/C42H52O4/c43-28-30-45-40-24-22-36(32-38(40)34-18-12-10-13-19-34)42(26-16-8-6-4-2-1-3-5-7-9-17-27-42)37-23-25-41(46-31-29-44)39(33-37)35-20-14-11-15-21-35/h10-15,18-25,32-33,43-44H,1-9,16-17,26-31H2. The molecule has 4 heteroatoms. The van der Waals surface area contributed by atoms with Crippen molar-refractivity contribution in [3.05, 3.63) is 108 Å². The van der Waals surface area contributed by atoms with E-state index in [0.29, 0.717) is 0 Å². The van der Waals surface area contributed by atoms with Crippen molar-refractivity contribution >= 4 is 0 Å². The third kappa shape index (κ3) is 8.80. The molecule has 1 saturated carbocycles. The Kier molecular flexibility index (Phi) is 13.2. The fraction of sp³-hybridized carbons (Fsp3) is 0.429. The summed E-state index contributed by atoms with van der Waals surface area (Å²) in [6.45, 7) is 0.486. The summed E-state index contributed by atoms with van der Waals surface area (Å²) in [7, 11) is 0. The molecule has 0 radical (unpaired) electrons. The SMILES string of the molecule is OCCOc1ccc(C2(c3ccc(OCCO)c(-c4ccccc4)c3)CCCCCCCCCCCCC2)cc1-c1ccccc1. The molecule has 4 aromatic carbocycles. The quantitative estimate of drug-likeness (QED) is 0.185. The van der Waals surface area contributed by atoms with Crippen LogP contribution in [-0.2, 0) is 5.41 Å². The molecule has 2 N–H and O–H groups in total. The van der Waals surface area contributed by atoms with Crippen LogP contribution in [0.15, 0.2) is 97.1 Å². The summed E-state index contributed by atoms with van der Waals surface area (Å²) in [5, 5.41) is 19.1. The van der Waals surface area contributed by atoms with Crippen molar-refractivity contribution in [2.75, 3.05) is 26.4 Å². The highest BCUT2D eigenvalue weighted by Crippen LogP contribution is 2.47. The normalized spacial score (nSPS) is 16.3. The maximum atomic E-state index is 9.57. The highest BCUT2D eigenvalue weighted by Gasteiger charge is 2.35. The summed E-state index contributed by atoms with van der Waals surface area (Å²) in [5.41, 5.74) is 6.81. The van der Waals surface area contributed by atoms with E-state index in [1.165, 1.54) is 81.8 Å². The Morgan fingerprint density at radius 2 is 0.826 bits per heavy atom. The molecule has 46 heavy (non-hydrogen) atoms. The van der Waals surface area contributed by atoms with Gasteiger partial charge in [0.2, 0.25) is 0 Å². The number of ether oxygens (including phenoxy) is 2. The highest BCUT2D eigenvalue weighted by atomic mass is 16.5. The first-order chi connectivity index (χ1) is 22.7. The Labute approximate surface area is 276 Å². The Hall–Kier alpha value is -3.60. The summed E-state index contributed by atoms with van der Waals surface area (Å²) in [6, 6.07) is 34.5. The first kappa shape index (κ1) is 33.8. The molecule has 0 saturated heterocycles. The average Bonchev–Trinajstić information content (AvgIpc) is 3.11. The second-order valence-corrected chi connectivity index (χ2v) is 12.8. The van der Waals surface area contributed by atoms with Crippen LogP contribution >= 0.6 is 0 Å². The van der Waals surface area contributed by atoms with E-state index in [1.807, 2.05) is 12.1 Å². The van der Waals surface area contributed by atoms with Gasteiger partial charge in [-0.25, -0.2) is 0 Å². The van der Waals surface area contributed by atoms with Gasteiger partial charge in [0.15, 0.2) is 0 Å². The largest absolute Gasteiger partial charge is 0.491 e. The first-order valence-electron chi connectivity index (χ1n) is 17.6. The molecule has 0 atom stereocenters. The molecule has 244 valence electrons. The molecular formula is C42H52O4. The van der Waals surface area contributed by atoms with Crippen LogP contribution in [-0.4, -0.2) is 36.6 Å². The van der Waals surface area contributed by atoms with Crippen LogP contribution in [0.2, 0.25) is 0 Å². The summed E-state index contributed by atoms with van der Waals surface area (Å²) >= 11 is 0. The minimum Gasteiger partial charge on any atom is -0.491 e. The van der Waals surface area contributed by atoms with Gasteiger partial charge in [0.1, 0.15) is 24.7 Å². The van der Waals surface area contributed by atoms with Crippen molar-refractivity contribution < 1.29 is 19.7 Å². The molecule has 1 fully saturated rings. The van der Waals surface area contributed by atoms with Gasteiger partial charge in [0.05, 0.1) is 13.2 Å². The van der Waals surface area contributed by atoms with Crippen LogP contribution in [0.3, 0.4) is 0 Å². The minimum absolute atomic E-state index is 0.0210. The summed E-state index contributed by atoms with van der Waals surface area (Å²) in [6.07, 6.45) is 16.3. The zero-order chi connectivity index (χ0) is 31.9. The summed E-state index contributed by atoms with van der Waals surface area (Å²) in [4.78, 5) is 0. The van der Waals surface area contributed by atoms with Gasteiger partial charge in [-0.05, 0) is 59.4 Å². The van der Waals surface area contributed by atoms with Crippen molar-refractivity contribution in [1.82, 2.24) is 0 Å². The van der Waals surface area contributed by atoms with Gasteiger partial charge >= 0.3 is 0 Å². The van der Waals surface area contributed by atoms with Crippen molar-refractivity contribution in [1.29, 1.82) is 0 Å². The number of rotatable bonds is 10. The second-order valence-electron chi connectivity index (χ2n) is 12.8. The number of aliphatic hydroxyl groups is 2. The molecule has 0 aliphatic heterocycles. The predicted molar refractivity (Wildman–Crippen MR) is 190 cm³/mol. The molecule has 0 aromatic heterocycles. The lowest BCUT2D eigenvalue weighted by Gasteiger charge is -2.37. The van der Waals surface area contributed by atoms with Crippen LogP contribution in [0.25, 0.3) is 22.3 Å². The van der Waals surface area contributed by atoms with E-state index in [1.54, 1.807) is 0 Å². The van der Waals surface area contributed by atoms with Gasteiger partial charge in [-0.2, -0.15) is 0 Å². The highest BCUT2D eigenvalue weighted by molar-refractivity contribution is 5.74. The Balaban J connectivity index is 1.67.